The Hall–Kier alpha value is -2.39. The van der Waals surface area contributed by atoms with Gasteiger partial charge in [-0.3, -0.25) is 10.1 Å². The Kier molecular flexibility index (Phi) is 4.20. The monoisotopic (exact) mass is 234 g/mol. The Balaban J connectivity index is 3.31. The van der Waals surface area contributed by atoms with Crippen molar-refractivity contribution in [2.24, 2.45) is 5.73 Å². The number of ether oxygens (including phenoxy) is 1. The maximum atomic E-state index is 11.4. The SMILES string of the molecule is COC(=O)c1cc([N+](=O)[O-])ccc1C#CCN. The van der Waals surface area contributed by atoms with E-state index in [4.69, 9.17) is 5.73 Å². The Morgan fingerprint density at radius 2 is 2.29 bits per heavy atom. The van der Waals surface area contributed by atoms with Gasteiger partial charge in [0.25, 0.3) is 5.69 Å². The molecule has 0 amide bonds. The van der Waals surface area contributed by atoms with E-state index in [1.165, 1.54) is 19.2 Å². The number of rotatable bonds is 2. The van der Waals surface area contributed by atoms with Crippen molar-refractivity contribution in [2.45, 2.75) is 0 Å². The molecule has 0 radical (unpaired) electrons. The Morgan fingerprint density at radius 3 is 2.82 bits per heavy atom. The summed E-state index contributed by atoms with van der Waals surface area (Å²) in [7, 11) is 1.20. The van der Waals surface area contributed by atoms with Crippen LogP contribution in [0.5, 0.6) is 0 Å². The van der Waals surface area contributed by atoms with Crippen molar-refractivity contribution in [1.82, 2.24) is 0 Å². The van der Waals surface area contributed by atoms with Crippen LogP contribution in [0.1, 0.15) is 15.9 Å². The summed E-state index contributed by atoms with van der Waals surface area (Å²) >= 11 is 0. The number of nitrogens with two attached hydrogens (primary N) is 1. The largest absolute Gasteiger partial charge is 0.465 e. The summed E-state index contributed by atoms with van der Waals surface area (Å²) in [6.07, 6.45) is 0. The summed E-state index contributed by atoms with van der Waals surface area (Å²) in [6, 6.07) is 3.80. The van der Waals surface area contributed by atoms with Gasteiger partial charge >= 0.3 is 5.97 Å². The van der Waals surface area contributed by atoms with Gasteiger partial charge in [-0.25, -0.2) is 4.79 Å². The maximum Gasteiger partial charge on any atom is 0.339 e. The Labute approximate surface area is 97.5 Å². The standard InChI is InChI=1S/C11H10N2O4/c1-17-11(14)10-7-9(13(15)16)5-4-8(10)3-2-6-12/h4-5,7H,6,12H2,1H3. The number of hydrogen-bond donors (Lipinski definition) is 1. The molecule has 0 aromatic heterocycles. The highest BCUT2D eigenvalue weighted by Gasteiger charge is 2.15. The van der Waals surface area contributed by atoms with E-state index in [-0.39, 0.29) is 17.8 Å². The van der Waals surface area contributed by atoms with Crippen molar-refractivity contribution in [1.29, 1.82) is 0 Å². The molecule has 0 aliphatic carbocycles. The van der Waals surface area contributed by atoms with E-state index >= 15 is 0 Å². The van der Waals surface area contributed by atoms with E-state index in [1.807, 2.05) is 0 Å². The molecule has 0 atom stereocenters. The van der Waals surface area contributed by atoms with Gasteiger partial charge in [0.1, 0.15) is 0 Å². The number of nitrogens with zero attached hydrogens (tertiary/aromatic N) is 1. The molecule has 6 heteroatoms. The molecule has 88 valence electrons. The lowest BCUT2D eigenvalue weighted by Gasteiger charge is -2.02. The van der Waals surface area contributed by atoms with E-state index < -0.39 is 10.9 Å². The second-order valence-corrected chi connectivity index (χ2v) is 2.98. The number of carbonyl (C=O) groups excluding carboxylic acids is 1. The first-order chi connectivity index (χ1) is 8.10. The van der Waals surface area contributed by atoms with Crippen molar-refractivity contribution >= 4 is 11.7 Å². The number of carbonyl (C=O) groups is 1. The molecule has 0 bridgehead atoms. The molecule has 17 heavy (non-hydrogen) atoms. The number of esters is 1. The van der Waals surface area contributed by atoms with Gasteiger partial charge in [-0.2, -0.15) is 0 Å². The molecule has 0 unspecified atom stereocenters. The summed E-state index contributed by atoms with van der Waals surface area (Å²) in [4.78, 5) is 21.4. The average molecular weight is 234 g/mol. The molecule has 6 nitrogen and oxygen atoms in total. The summed E-state index contributed by atoms with van der Waals surface area (Å²) in [5.74, 6) is 4.56. The van der Waals surface area contributed by atoms with E-state index in [9.17, 15) is 14.9 Å². The third-order valence-corrected chi connectivity index (χ3v) is 1.94. The number of methoxy groups -OCH3 is 1. The highest BCUT2D eigenvalue weighted by atomic mass is 16.6. The van der Waals surface area contributed by atoms with E-state index in [1.54, 1.807) is 0 Å². The van der Waals surface area contributed by atoms with Crippen LogP contribution in [0.3, 0.4) is 0 Å². The first kappa shape index (κ1) is 12.7. The lowest BCUT2D eigenvalue weighted by atomic mass is 10.1. The van der Waals surface area contributed by atoms with Gasteiger partial charge in [-0.1, -0.05) is 11.8 Å². The zero-order valence-corrected chi connectivity index (χ0v) is 9.10. The van der Waals surface area contributed by atoms with Gasteiger partial charge in [0.05, 0.1) is 24.1 Å². The molecule has 2 N–H and O–H groups in total. The lowest BCUT2D eigenvalue weighted by molar-refractivity contribution is -0.384. The second-order valence-electron chi connectivity index (χ2n) is 2.98. The Bertz CT molecular complexity index is 514. The fourth-order valence-electron chi connectivity index (χ4n) is 1.18. The number of non-ortho nitro benzene ring substituents is 1. The second kappa shape index (κ2) is 5.63. The third-order valence-electron chi connectivity index (χ3n) is 1.94. The van der Waals surface area contributed by atoms with Gasteiger partial charge in [-0.05, 0) is 6.07 Å². The van der Waals surface area contributed by atoms with Crippen LogP contribution in [0.4, 0.5) is 5.69 Å². The molecule has 0 heterocycles. The van der Waals surface area contributed by atoms with Crippen molar-refractivity contribution in [3.8, 4) is 11.8 Å². The fourth-order valence-corrected chi connectivity index (χ4v) is 1.18. The lowest BCUT2D eigenvalue weighted by Crippen LogP contribution is -2.05. The molecular weight excluding hydrogens is 224 g/mol. The van der Waals surface area contributed by atoms with Crippen molar-refractivity contribution in [2.75, 3.05) is 13.7 Å². The summed E-state index contributed by atoms with van der Waals surface area (Å²) in [5.41, 5.74) is 5.44. The molecule has 0 fully saturated rings. The topological polar surface area (TPSA) is 95.5 Å². The van der Waals surface area contributed by atoms with Crippen LogP contribution in [0, 0.1) is 22.0 Å². The van der Waals surface area contributed by atoms with Crippen LogP contribution in [0.25, 0.3) is 0 Å². The predicted molar refractivity (Wildman–Crippen MR) is 60.4 cm³/mol. The van der Waals surface area contributed by atoms with E-state index in [0.717, 1.165) is 6.07 Å². The van der Waals surface area contributed by atoms with Crippen LogP contribution in [0.15, 0.2) is 18.2 Å². The molecule has 0 spiro atoms. The highest BCUT2D eigenvalue weighted by molar-refractivity contribution is 5.93. The highest BCUT2D eigenvalue weighted by Crippen LogP contribution is 2.18. The number of hydrogen-bond acceptors (Lipinski definition) is 5. The summed E-state index contributed by atoms with van der Waals surface area (Å²) in [5, 5.41) is 10.6. The molecule has 0 saturated heterocycles. The van der Waals surface area contributed by atoms with Crippen molar-refractivity contribution < 1.29 is 14.5 Å². The fraction of sp³-hybridized carbons (Fsp3) is 0.182. The van der Waals surface area contributed by atoms with Gasteiger partial charge in [0.2, 0.25) is 0 Å². The minimum atomic E-state index is -0.671. The molecule has 0 aliphatic heterocycles. The minimum Gasteiger partial charge on any atom is -0.465 e. The van der Waals surface area contributed by atoms with Gasteiger partial charge in [-0.15, -0.1) is 0 Å². The summed E-state index contributed by atoms with van der Waals surface area (Å²) < 4.78 is 4.53. The van der Waals surface area contributed by atoms with Gasteiger partial charge in [0, 0.05) is 17.7 Å². The minimum absolute atomic E-state index is 0.0580. The normalized spacial score (nSPS) is 9.06. The molecule has 0 saturated carbocycles. The maximum absolute atomic E-state index is 11.4. The average Bonchev–Trinajstić information content (AvgIpc) is 2.35. The van der Waals surface area contributed by atoms with E-state index in [0.29, 0.717) is 5.56 Å². The molecule has 0 aliphatic rings. The first-order valence-electron chi connectivity index (χ1n) is 4.66. The zero-order chi connectivity index (χ0) is 12.8. The quantitative estimate of drug-likeness (QED) is 0.351. The van der Waals surface area contributed by atoms with Crippen LogP contribution < -0.4 is 5.73 Å². The smallest absolute Gasteiger partial charge is 0.339 e. The van der Waals surface area contributed by atoms with Crippen molar-refractivity contribution in [3.05, 3.63) is 39.4 Å². The zero-order valence-electron chi connectivity index (χ0n) is 9.10. The third kappa shape index (κ3) is 3.03. The van der Waals surface area contributed by atoms with Crippen LogP contribution in [0.2, 0.25) is 0 Å². The van der Waals surface area contributed by atoms with Gasteiger partial charge < -0.3 is 10.5 Å². The summed E-state index contributed by atoms with van der Waals surface area (Å²) in [6.45, 7) is 0.137. The number of nitro benzene ring substituents is 1. The number of benzene rings is 1. The van der Waals surface area contributed by atoms with Crippen LogP contribution in [-0.2, 0) is 4.74 Å². The molecule has 1 aromatic carbocycles. The first-order valence-corrected chi connectivity index (χ1v) is 4.66. The van der Waals surface area contributed by atoms with Crippen molar-refractivity contribution in [3.63, 3.8) is 0 Å². The van der Waals surface area contributed by atoms with E-state index in [2.05, 4.69) is 16.6 Å². The molecular formula is C11H10N2O4. The number of nitro groups is 1. The Morgan fingerprint density at radius 1 is 1.59 bits per heavy atom. The molecule has 1 aromatic rings. The van der Waals surface area contributed by atoms with Crippen LogP contribution in [-0.4, -0.2) is 24.5 Å². The predicted octanol–water partition coefficient (Wildman–Crippen LogP) is 0.692. The van der Waals surface area contributed by atoms with Gasteiger partial charge in [0.15, 0.2) is 0 Å². The van der Waals surface area contributed by atoms with Crippen LogP contribution >= 0.6 is 0 Å². The molecule has 1 rings (SSSR count).